The Morgan fingerprint density at radius 1 is 1.04 bits per heavy atom. The van der Waals surface area contributed by atoms with Gasteiger partial charge in [-0.2, -0.15) is 0 Å². The van der Waals surface area contributed by atoms with Gasteiger partial charge < -0.3 is 10.1 Å². The molecule has 2 aromatic rings. The molecule has 0 aliphatic carbocycles. The Hall–Kier alpha value is -2.30. The maximum Gasteiger partial charge on any atom is 0.338 e. The van der Waals surface area contributed by atoms with Gasteiger partial charge in [-0.25, -0.2) is 4.79 Å². The molecule has 6 heteroatoms. The highest BCUT2D eigenvalue weighted by atomic mass is 35.5. The summed E-state index contributed by atoms with van der Waals surface area (Å²) in [4.78, 5) is 23.8. The average molecular weight is 378 g/mol. The van der Waals surface area contributed by atoms with E-state index >= 15 is 0 Å². The molecular formula is C19H17Cl2NO3. The van der Waals surface area contributed by atoms with E-state index in [9.17, 15) is 9.59 Å². The van der Waals surface area contributed by atoms with Gasteiger partial charge in [-0.3, -0.25) is 4.79 Å². The van der Waals surface area contributed by atoms with Crippen molar-refractivity contribution in [1.29, 1.82) is 0 Å². The number of benzene rings is 2. The van der Waals surface area contributed by atoms with Crippen molar-refractivity contribution >= 4 is 46.8 Å². The number of amides is 1. The number of ether oxygens (including phenoxy) is 1. The van der Waals surface area contributed by atoms with Crippen LogP contribution in [0.1, 0.15) is 29.8 Å². The highest BCUT2D eigenvalue weighted by Crippen LogP contribution is 2.25. The molecule has 130 valence electrons. The van der Waals surface area contributed by atoms with Crippen molar-refractivity contribution < 1.29 is 14.3 Å². The van der Waals surface area contributed by atoms with Crippen molar-refractivity contribution in [3.05, 3.63) is 69.7 Å². The van der Waals surface area contributed by atoms with Crippen LogP contribution < -0.4 is 5.32 Å². The fourth-order valence-electron chi connectivity index (χ4n) is 1.98. The molecule has 2 aromatic carbocycles. The van der Waals surface area contributed by atoms with Crippen LogP contribution in [-0.2, 0) is 9.53 Å². The summed E-state index contributed by atoms with van der Waals surface area (Å²) in [7, 11) is 0. The minimum Gasteiger partial charge on any atom is -0.459 e. The minimum absolute atomic E-state index is 0.186. The van der Waals surface area contributed by atoms with E-state index in [2.05, 4.69) is 5.32 Å². The zero-order chi connectivity index (χ0) is 18.4. The van der Waals surface area contributed by atoms with Gasteiger partial charge in [0.1, 0.15) is 0 Å². The molecule has 0 aliphatic rings. The van der Waals surface area contributed by atoms with Crippen molar-refractivity contribution in [1.82, 2.24) is 0 Å². The summed E-state index contributed by atoms with van der Waals surface area (Å²) in [5.74, 6) is -0.741. The van der Waals surface area contributed by atoms with Gasteiger partial charge in [0.2, 0.25) is 5.91 Å². The summed E-state index contributed by atoms with van der Waals surface area (Å²) in [6.07, 6.45) is 2.70. The highest BCUT2D eigenvalue weighted by Gasteiger charge is 2.09. The third kappa shape index (κ3) is 5.62. The zero-order valence-corrected chi connectivity index (χ0v) is 15.3. The lowest BCUT2D eigenvalue weighted by Crippen LogP contribution is -2.12. The second-order valence-corrected chi connectivity index (χ2v) is 6.30. The Bertz CT molecular complexity index is 779. The lowest BCUT2D eigenvalue weighted by Gasteiger charge is -2.08. The molecule has 0 heterocycles. The van der Waals surface area contributed by atoms with E-state index in [1.807, 2.05) is 0 Å². The largest absolute Gasteiger partial charge is 0.459 e. The fraction of sp³-hybridized carbons (Fsp3) is 0.158. The minimum atomic E-state index is -0.402. The second-order valence-electron chi connectivity index (χ2n) is 5.49. The van der Waals surface area contributed by atoms with Crippen molar-refractivity contribution in [3.8, 4) is 0 Å². The van der Waals surface area contributed by atoms with Crippen LogP contribution in [0, 0.1) is 0 Å². The molecule has 25 heavy (non-hydrogen) atoms. The van der Waals surface area contributed by atoms with Crippen molar-refractivity contribution in [2.24, 2.45) is 0 Å². The highest BCUT2D eigenvalue weighted by molar-refractivity contribution is 6.37. The van der Waals surface area contributed by atoms with E-state index in [1.165, 1.54) is 6.08 Å². The number of rotatable bonds is 5. The topological polar surface area (TPSA) is 55.4 Å². The molecule has 0 bridgehead atoms. The Labute approximate surface area is 156 Å². The Balaban J connectivity index is 2.01. The molecule has 0 radical (unpaired) electrons. The predicted molar refractivity (Wildman–Crippen MR) is 101 cm³/mol. The smallest absolute Gasteiger partial charge is 0.338 e. The van der Waals surface area contributed by atoms with Crippen LogP contribution in [0.3, 0.4) is 0 Å². The first-order valence-corrected chi connectivity index (χ1v) is 8.36. The molecule has 4 nitrogen and oxygen atoms in total. The number of hydrogen-bond donors (Lipinski definition) is 1. The van der Waals surface area contributed by atoms with Crippen LogP contribution in [-0.4, -0.2) is 18.0 Å². The molecule has 0 aliphatic heterocycles. The lowest BCUT2D eigenvalue weighted by atomic mass is 10.2. The van der Waals surface area contributed by atoms with Gasteiger partial charge in [-0.15, -0.1) is 0 Å². The van der Waals surface area contributed by atoms with E-state index in [0.29, 0.717) is 26.9 Å². The van der Waals surface area contributed by atoms with Crippen molar-refractivity contribution in [3.63, 3.8) is 0 Å². The summed E-state index contributed by atoms with van der Waals surface area (Å²) < 4.78 is 5.10. The Kier molecular flexibility index (Phi) is 6.62. The molecule has 0 saturated carbocycles. The quantitative estimate of drug-likeness (QED) is 0.574. The SMILES string of the molecule is CC(C)OC(=O)c1ccc(NC(=O)/C=C/c2c(Cl)cccc2Cl)cc1. The number of halogens is 2. The molecule has 1 N–H and O–H groups in total. The third-order valence-corrected chi connectivity index (χ3v) is 3.79. The van der Waals surface area contributed by atoms with Gasteiger partial charge in [-0.05, 0) is 56.3 Å². The Morgan fingerprint density at radius 3 is 2.20 bits per heavy atom. The number of carbonyl (C=O) groups excluding carboxylic acids is 2. The summed E-state index contributed by atoms with van der Waals surface area (Å²) in [6, 6.07) is 11.6. The first-order valence-electron chi connectivity index (χ1n) is 7.61. The molecule has 0 saturated heterocycles. The molecule has 0 spiro atoms. The molecule has 0 unspecified atom stereocenters. The van der Waals surface area contributed by atoms with Crippen molar-refractivity contribution in [2.45, 2.75) is 20.0 Å². The van der Waals surface area contributed by atoms with E-state index in [0.717, 1.165) is 0 Å². The Morgan fingerprint density at radius 2 is 1.64 bits per heavy atom. The summed E-state index contributed by atoms with van der Waals surface area (Å²) in [5.41, 5.74) is 1.55. The van der Waals surface area contributed by atoms with Crippen LogP contribution in [0.5, 0.6) is 0 Å². The van der Waals surface area contributed by atoms with E-state index < -0.39 is 5.97 Å². The maximum absolute atomic E-state index is 12.0. The number of esters is 1. The van der Waals surface area contributed by atoms with E-state index in [-0.39, 0.29) is 12.0 Å². The average Bonchev–Trinajstić information content (AvgIpc) is 2.54. The fourth-order valence-corrected chi connectivity index (χ4v) is 2.51. The van der Waals surface area contributed by atoms with Crippen molar-refractivity contribution in [2.75, 3.05) is 5.32 Å². The van der Waals surface area contributed by atoms with Gasteiger partial charge >= 0.3 is 5.97 Å². The predicted octanol–water partition coefficient (Wildman–Crippen LogP) is 5.21. The zero-order valence-electron chi connectivity index (χ0n) is 13.8. The van der Waals surface area contributed by atoms with Gasteiger partial charge in [0.15, 0.2) is 0 Å². The number of anilines is 1. The summed E-state index contributed by atoms with van der Waals surface area (Å²) >= 11 is 12.1. The molecule has 1 amide bonds. The summed E-state index contributed by atoms with van der Waals surface area (Å²) in [5, 5.41) is 3.62. The normalized spacial score (nSPS) is 10.9. The molecule has 0 aromatic heterocycles. The standard InChI is InChI=1S/C19H17Cl2NO3/c1-12(2)25-19(24)13-6-8-14(9-7-13)22-18(23)11-10-15-16(20)4-3-5-17(15)21/h3-12H,1-2H3,(H,22,23)/b11-10+. The molecular weight excluding hydrogens is 361 g/mol. The maximum atomic E-state index is 12.0. The molecule has 2 rings (SSSR count). The van der Waals surface area contributed by atoms with Gasteiger partial charge in [0, 0.05) is 27.4 Å². The number of nitrogens with one attached hydrogen (secondary N) is 1. The van der Waals surface area contributed by atoms with Crippen LogP contribution >= 0.6 is 23.2 Å². The van der Waals surface area contributed by atoms with Crippen LogP contribution in [0.2, 0.25) is 10.0 Å². The van der Waals surface area contributed by atoms with E-state index in [1.54, 1.807) is 62.4 Å². The van der Waals surface area contributed by atoms with Crippen LogP contribution in [0.4, 0.5) is 5.69 Å². The van der Waals surface area contributed by atoms with Crippen LogP contribution in [0.15, 0.2) is 48.5 Å². The van der Waals surface area contributed by atoms with Gasteiger partial charge in [-0.1, -0.05) is 29.3 Å². The first-order chi connectivity index (χ1) is 11.9. The number of hydrogen-bond acceptors (Lipinski definition) is 3. The molecule has 0 atom stereocenters. The third-order valence-electron chi connectivity index (χ3n) is 3.13. The second kappa shape index (κ2) is 8.70. The monoisotopic (exact) mass is 377 g/mol. The molecule has 0 fully saturated rings. The van der Waals surface area contributed by atoms with Gasteiger partial charge in [0.05, 0.1) is 11.7 Å². The number of carbonyl (C=O) groups is 2. The first kappa shape index (κ1) is 19.0. The lowest BCUT2D eigenvalue weighted by molar-refractivity contribution is -0.111. The van der Waals surface area contributed by atoms with E-state index in [4.69, 9.17) is 27.9 Å². The van der Waals surface area contributed by atoms with Crippen LogP contribution in [0.25, 0.3) is 6.08 Å². The van der Waals surface area contributed by atoms with Gasteiger partial charge in [0.25, 0.3) is 0 Å². The summed E-state index contributed by atoms with van der Waals surface area (Å²) in [6.45, 7) is 3.56.